The van der Waals surface area contributed by atoms with Gasteiger partial charge in [0.2, 0.25) is 11.8 Å². The smallest absolute Gasteiger partial charge is 0.264 e. The molecule has 0 fully saturated rings. The Kier molecular flexibility index (Phi) is 11.5. The van der Waals surface area contributed by atoms with Crippen LogP contribution in [0.3, 0.4) is 0 Å². The van der Waals surface area contributed by atoms with Crippen LogP contribution in [-0.2, 0) is 26.2 Å². The SMILES string of the molecule is CCCNC(=O)C(CC)N(Cc1c(Cl)cccc1Cl)C(=O)CN(c1ccc(Cl)cc1Cl)S(=O)(=O)c1ccccc1. The minimum atomic E-state index is -4.27. The van der Waals surface area contributed by atoms with Crippen molar-refractivity contribution in [2.45, 2.75) is 44.2 Å². The topological polar surface area (TPSA) is 86.8 Å². The average molecular weight is 645 g/mol. The van der Waals surface area contributed by atoms with Crippen LogP contribution in [0.5, 0.6) is 0 Å². The number of nitrogens with one attached hydrogen (secondary N) is 1. The number of halogens is 4. The number of anilines is 1. The zero-order valence-electron chi connectivity index (χ0n) is 21.9. The maximum Gasteiger partial charge on any atom is 0.264 e. The highest BCUT2D eigenvalue weighted by Gasteiger charge is 2.34. The second kappa shape index (κ2) is 14.4. The van der Waals surface area contributed by atoms with Crippen molar-refractivity contribution in [2.75, 3.05) is 17.4 Å². The summed E-state index contributed by atoms with van der Waals surface area (Å²) in [5.41, 5.74) is 0.491. The van der Waals surface area contributed by atoms with Crippen LogP contribution in [0.1, 0.15) is 32.3 Å². The number of rotatable bonds is 12. The van der Waals surface area contributed by atoms with Crippen LogP contribution in [-0.4, -0.2) is 44.3 Å². The van der Waals surface area contributed by atoms with E-state index in [-0.39, 0.29) is 34.5 Å². The van der Waals surface area contributed by atoms with E-state index in [1.807, 2.05) is 6.92 Å². The number of carbonyl (C=O) groups excluding carboxylic acids is 2. The molecule has 0 aliphatic heterocycles. The minimum Gasteiger partial charge on any atom is -0.354 e. The average Bonchev–Trinajstić information content (AvgIpc) is 2.92. The molecule has 0 aromatic heterocycles. The van der Waals surface area contributed by atoms with Crippen molar-refractivity contribution >= 4 is 73.9 Å². The fourth-order valence-corrected chi connectivity index (χ4v) is 6.59. The first-order valence-electron chi connectivity index (χ1n) is 12.5. The van der Waals surface area contributed by atoms with Gasteiger partial charge in [0, 0.05) is 33.7 Å². The molecular weight excluding hydrogens is 616 g/mol. The summed E-state index contributed by atoms with van der Waals surface area (Å²) < 4.78 is 28.6. The molecule has 40 heavy (non-hydrogen) atoms. The van der Waals surface area contributed by atoms with Crippen LogP contribution in [0.4, 0.5) is 5.69 Å². The summed E-state index contributed by atoms with van der Waals surface area (Å²) in [5, 5.41) is 3.77. The van der Waals surface area contributed by atoms with Crippen LogP contribution >= 0.6 is 46.4 Å². The van der Waals surface area contributed by atoms with Crippen LogP contribution in [0, 0.1) is 0 Å². The lowest BCUT2D eigenvalue weighted by Crippen LogP contribution is -2.52. The highest BCUT2D eigenvalue weighted by Crippen LogP contribution is 2.33. The van der Waals surface area contributed by atoms with Crippen LogP contribution in [0.2, 0.25) is 20.1 Å². The third kappa shape index (κ3) is 7.62. The Balaban J connectivity index is 2.11. The van der Waals surface area contributed by atoms with Gasteiger partial charge in [0.25, 0.3) is 10.0 Å². The van der Waals surface area contributed by atoms with Crippen molar-refractivity contribution in [3.8, 4) is 0 Å². The molecule has 0 spiro atoms. The molecule has 3 aromatic rings. The maximum atomic E-state index is 14.1. The van der Waals surface area contributed by atoms with Gasteiger partial charge >= 0.3 is 0 Å². The second-order valence-corrected chi connectivity index (χ2v) is 12.4. The lowest BCUT2D eigenvalue weighted by molar-refractivity contribution is -0.140. The Morgan fingerprint density at radius 3 is 2.10 bits per heavy atom. The number of sulfonamides is 1. The molecule has 1 unspecified atom stereocenters. The van der Waals surface area contributed by atoms with E-state index in [4.69, 9.17) is 46.4 Å². The minimum absolute atomic E-state index is 0.0354. The molecule has 12 heteroatoms. The molecule has 2 amide bonds. The van der Waals surface area contributed by atoms with Crippen molar-refractivity contribution in [3.63, 3.8) is 0 Å². The molecule has 7 nitrogen and oxygen atoms in total. The first kappa shape index (κ1) is 32.0. The molecular formula is C28H29Cl4N3O4S. The van der Waals surface area contributed by atoms with E-state index in [2.05, 4.69) is 5.32 Å². The standard InChI is InChI=1S/C28H29Cl4N3O4S/c1-3-15-33-28(37)25(4-2)34(17-21-22(30)11-8-12-23(21)31)27(36)18-35(26-14-13-19(29)16-24(26)32)40(38,39)20-9-6-5-7-10-20/h5-14,16,25H,3-4,15,17-18H2,1-2H3,(H,33,37). The van der Waals surface area contributed by atoms with Gasteiger partial charge in [0.05, 0.1) is 15.6 Å². The maximum absolute atomic E-state index is 14.1. The molecule has 214 valence electrons. The van der Waals surface area contributed by atoms with Crippen molar-refractivity contribution in [1.82, 2.24) is 10.2 Å². The predicted molar refractivity (Wildman–Crippen MR) is 162 cm³/mol. The summed E-state index contributed by atoms with van der Waals surface area (Å²) in [5.74, 6) is -1.03. The van der Waals surface area contributed by atoms with E-state index >= 15 is 0 Å². The number of hydrogen-bond acceptors (Lipinski definition) is 4. The van der Waals surface area contributed by atoms with Gasteiger partial charge in [0.1, 0.15) is 12.6 Å². The molecule has 0 saturated carbocycles. The summed E-state index contributed by atoms with van der Waals surface area (Å²) in [6.07, 6.45) is 0.959. The largest absolute Gasteiger partial charge is 0.354 e. The van der Waals surface area contributed by atoms with Crippen LogP contribution in [0.15, 0.2) is 71.6 Å². The van der Waals surface area contributed by atoms with Crippen molar-refractivity contribution in [3.05, 3.63) is 92.4 Å². The van der Waals surface area contributed by atoms with E-state index in [9.17, 15) is 18.0 Å². The van der Waals surface area contributed by atoms with E-state index in [0.717, 1.165) is 4.31 Å². The normalized spacial score (nSPS) is 12.1. The number of amides is 2. The zero-order chi connectivity index (χ0) is 29.4. The van der Waals surface area contributed by atoms with Gasteiger partial charge in [-0.25, -0.2) is 8.42 Å². The Hall–Kier alpha value is -2.49. The van der Waals surface area contributed by atoms with E-state index in [1.165, 1.54) is 35.2 Å². The molecule has 0 saturated heterocycles. The van der Waals surface area contributed by atoms with E-state index < -0.39 is 28.5 Å². The summed E-state index contributed by atoms with van der Waals surface area (Å²) in [6, 6.07) is 16.0. The summed E-state index contributed by atoms with van der Waals surface area (Å²) in [6.45, 7) is 3.31. The molecule has 3 aromatic carbocycles. The molecule has 0 aliphatic carbocycles. The van der Waals surface area contributed by atoms with Gasteiger partial charge in [-0.1, -0.05) is 84.5 Å². The van der Waals surface area contributed by atoms with Gasteiger partial charge in [-0.05, 0) is 55.3 Å². The van der Waals surface area contributed by atoms with Gasteiger partial charge in [-0.3, -0.25) is 13.9 Å². The lowest BCUT2D eigenvalue weighted by Gasteiger charge is -2.33. The van der Waals surface area contributed by atoms with Gasteiger partial charge < -0.3 is 10.2 Å². The summed E-state index contributed by atoms with van der Waals surface area (Å²) in [4.78, 5) is 28.5. The highest BCUT2D eigenvalue weighted by atomic mass is 35.5. The van der Waals surface area contributed by atoms with Gasteiger partial charge in [-0.2, -0.15) is 0 Å². The summed E-state index contributed by atoms with van der Waals surface area (Å²) >= 11 is 25.3. The Morgan fingerprint density at radius 1 is 0.875 bits per heavy atom. The molecule has 1 atom stereocenters. The molecule has 0 radical (unpaired) electrons. The zero-order valence-corrected chi connectivity index (χ0v) is 25.8. The fourth-order valence-electron chi connectivity index (χ4n) is 4.06. The number of benzene rings is 3. The Bertz CT molecular complexity index is 1430. The van der Waals surface area contributed by atoms with E-state index in [1.54, 1.807) is 43.3 Å². The van der Waals surface area contributed by atoms with Crippen molar-refractivity contribution in [1.29, 1.82) is 0 Å². The second-order valence-electron chi connectivity index (χ2n) is 8.86. The Morgan fingerprint density at radius 2 is 1.52 bits per heavy atom. The van der Waals surface area contributed by atoms with Crippen molar-refractivity contribution < 1.29 is 18.0 Å². The van der Waals surface area contributed by atoms with Gasteiger partial charge in [0.15, 0.2) is 0 Å². The molecule has 0 aliphatic rings. The molecule has 3 rings (SSSR count). The lowest BCUT2D eigenvalue weighted by atomic mass is 10.1. The quantitative estimate of drug-likeness (QED) is 0.234. The Labute approximate surface area is 255 Å². The highest BCUT2D eigenvalue weighted by molar-refractivity contribution is 7.92. The van der Waals surface area contributed by atoms with Crippen molar-refractivity contribution in [2.24, 2.45) is 0 Å². The molecule has 1 N–H and O–H groups in total. The first-order valence-corrected chi connectivity index (χ1v) is 15.5. The summed E-state index contributed by atoms with van der Waals surface area (Å²) in [7, 11) is -4.27. The third-order valence-corrected chi connectivity index (χ3v) is 9.13. The predicted octanol–water partition coefficient (Wildman–Crippen LogP) is 6.83. The van der Waals surface area contributed by atoms with Gasteiger partial charge in [-0.15, -0.1) is 0 Å². The number of nitrogens with zero attached hydrogens (tertiary/aromatic N) is 2. The van der Waals surface area contributed by atoms with Crippen LogP contribution < -0.4 is 9.62 Å². The number of carbonyl (C=O) groups is 2. The molecule has 0 bridgehead atoms. The fraction of sp³-hybridized carbons (Fsp3) is 0.286. The molecule has 0 heterocycles. The number of hydrogen-bond donors (Lipinski definition) is 1. The van der Waals surface area contributed by atoms with E-state index in [0.29, 0.717) is 33.6 Å². The monoisotopic (exact) mass is 643 g/mol. The van der Waals surface area contributed by atoms with Crippen LogP contribution in [0.25, 0.3) is 0 Å². The first-order chi connectivity index (χ1) is 19.0. The third-order valence-electron chi connectivity index (χ3n) is 6.11.